The Bertz CT molecular complexity index is 1100. The zero-order chi connectivity index (χ0) is 23.2. The van der Waals surface area contributed by atoms with Crippen molar-refractivity contribution in [1.82, 2.24) is 0 Å². The minimum atomic E-state index is -1.95. The summed E-state index contributed by atoms with van der Waals surface area (Å²) >= 11 is 0. The predicted octanol–water partition coefficient (Wildman–Crippen LogP) is 3.51. The molecule has 4 aromatic carbocycles. The first-order valence-electron chi connectivity index (χ1n) is 12.2. The molecule has 2 nitrogen and oxygen atoms in total. The minimum Gasteiger partial charge on any atom is -1.00 e. The van der Waals surface area contributed by atoms with Gasteiger partial charge in [-0.15, -0.1) is 0 Å². The van der Waals surface area contributed by atoms with Crippen molar-refractivity contribution in [3.05, 3.63) is 115 Å². The fourth-order valence-corrected chi connectivity index (χ4v) is 9.37. The maximum Gasteiger partial charge on any atom is 0.161 e. The molecule has 0 N–H and O–H groups in total. The predicted molar refractivity (Wildman–Crippen MR) is 145 cm³/mol. The number of hydrogen-bond acceptors (Lipinski definition) is 2. The van der Waals surface area contributed by atoms with Crippen molar-refractivity contribution in [3.63, 3.8) is 0 Å². The molecule has 0 heterocycles. The van der Waals surface area contributed by atoms with Crippen LogP contribution in [-0.2, 0) is 6.16 Å². The van der Waals surface area contributed by atoms with E-state index in [0.29, 0.717) is 6.10 Å². The van der Waals surface area contributed by atoms with Gasteiger partial charge < -0.3 is 26.5 Å². The Kier molecular flexibility index (Phi) is 8.65. The summed E-state index contributed by atoms with van der Waals surface area (Å²) in [6.45, 7) is 0. The van der Waals surface area contributed by atoms with Crippen molar-refractivity contribution in [2.24, 2.45) is 0 Å². The third-order valence-corrected chi connectivity index (χ3v) is 11.2. The van der Waals surface area contributed by atoms with E-state index in [0.717, 1.165) is 30.5 Å². The first-order chi connectivity index (χ1) is 16.8. The summed E-state index contributed by atoms with van der Waals surface area (Å²) in [5.41, 5.74) is 1.28. The zero-order valence-electron chi connectivity index (χ0n) is 20.1. The third kappa shape index (κ3) is 5.47. The van der Waals surface area contributed by atoms with Crippen LogP contribution in [0.1, 0.15) is 31.2 Å². The number of ether oxygens (including phenoxy) is 2. The molecule has 0 bridgehead atoms. The molecule has 1 aliphatic carbocycles. The van der Waals surface area contributed by atoms with Crippen molar-refractivity contribution >= 4 is 23.2 Å². The van der Waals surface area contributed by atoms with E-state index in [1.54, 1.807) is 7.11 Å². The molecule has 4 heteroatoms. The first kappa shape index (κ1) is 25.5. The lowest BCUT2D eigenvalue weighted by Gasteiger charge is -2.28. The van der Waals surface area contributed by atoms with Crippen LogP contribution in [0.25, 0.3) is 0 Å². The van der Waals surface area contributed by atoms with E-state index in [1.807, 2.05) is 0 Å². The Morgan fingerprint density at radius 1 is 0.657 bits per heavy atom. The number of halogens is 1. The van der Waals surface area contributed by atoms with Crippen LogP contribution in [0.3, 0.4) is 0 Å². The van der Waals surface area contributed by atoms with Gasteiger partial charge in [-0.3, -0.25) is 0 Å². The highest BCUT2D eigenvalue weighted by molar-refractivity contribution is 7.95. The van der Waals surface area contributed by atoms with Gasteiger partial charge in [0, 0.05) is 0 Å². The first-order valence-corrected chi connectivity index (χ1v) is 14.2. The molecule has 180 valence electrons. The largest absolute Gasteiger partial charge is 1.00 e. The Hall–Kier alpha value is -2.61. The van der Waals surface area contributed by atoms with Gasteiger partial charge in [0.05, 0.1) is 19.4 Å². The second-order valence-electron chi connectivity index (χ2n) is 8.98. The normalized spacial score (nSPS) is 13.7. The second-order valence-corrected chi connectivity index (χ2v) is 12.5. The zero-order valence-corrected chi connectivity index (χ0v) is 22.6. The monoisotopic (exact) mass is 546 g/mol. The fraction of sp³-hybridized carbons (Fsp3) is 0.226. The maximum absolute atomic E-state index is 6.46. The molecule has 35 heavy (non-hydrogen) atoms. The van der Waals surface area contributed by atoms with Gasteiger partial charge in [0.2, 0.25) is 0 Å². The lowest BCUT2D eigenvalue weighted by molar-refractivity contribution is -0.00000780. The van der Waals surface area contributed by atoms with E-state index in [-0.39, 0.29) is 17.0 Å². The van der Waals surface area contributed by atoms with Crippen LogP contribution >= 0.6 is 7.26 Å². The lowest BCUT2D eigenvalue weighted by atomic mass is 10.2. The molecule has 0 radical (unpaired) electrons. The van der Waals surface area contributed by atoms with Crippen LogP contribution in [0.15, 0.2) is 109 Å². The number of hydrogen-bond donors (Lipinski definition) is 0. The Morgan fingerprint density at radius 2 is 1.14 bits per heavy atom. The second kappa shape index (κ2) is 11.9. The Labute approximate surface area is 220 Å². The quantitative estimate of drug-likeness (QED) is 0.315. The molecule has 0 aromatic heterocycles. The van der Waals surface area contributed by atoms with Crippen molar-refractivity contribution < 1.29 is 26.5 Å². The molecule has 4 aromatic rings. The van der Waals surface area contributed by atoms with Crippen molar-refractivity contribution in [1.29, 1.82) is 0 Å². The van der Waals surface area contributed by atoms with E-state index < -0.39 is 7.26 Å². The van der Waals surface area contributed by atoms with Gasteiger partial charge in [-0.1, -0.05) is 60.7 Å². The molecular weight excluding hydrogens is 515 g/mol. The highest BCUT2D eigenvalue weighted by Gasteiger charge is 2.45. The average Bonchev–Trinajstić information content (AvgIpc) is 3.42. The fourth-order valence-electron chi connectivity index (χ4n) is 5.14. The topological polar surface area (TPSA) is 18.5 Å². The maximum atomic E-state index is 6.46. The van der Waals surface area contributed by atoms with Gasteiger partial charge in [-0.25, -0.2) is 0 Å². The molecule has 0 unspecified atom stereocenters. The molecule has 1 aliphatic rings. The standard InChI is InChI=1S/C31H32O2P.BrH/c1-32-30-22-21-25(23-31(30)33-26-13-11-12-14-26)24-34(27-15-5-2-6-16-27,28-17-7-3-8-18-28)29-19-9-4-10-20-29;/h2-10,15-23,26H,11-14,24H2,1H3;1H/q+1;/p-1. The Balaban J connectivity index is 0.00000289. The summed E-state index contributed by atoms with van der Waals surface area (Å²) < 4.78 is 12.1. The Morgan fingerprint density at radius 3 is 1.60 bits per heavy atom. The van der Waals surface area contributed by atoms with E-state index in [9.17, 15) is 0 Å². The molecule has 0 saturated heterocycles. The van der Waals surface area contributed by atoms with Crippen molar-refractivity contribution in [2.75, 3.05) is 7.11 Å². The van der Waals surface area contributed by atoms with E-state index in [1.165, 1.54) is 34.3 Å². The highest BCUT2D eigenvalue weighted by Crippen LogP contribution is 2.58. The average molecular weight is 547 g/mol. The van der Waals surface area contributed by atoms with Crippen LogP contribution < -0.4 is 42.4 Å². The molecule has 0 spiro atoms. The summed E-state index contributed by atoms with van der Waals surface area (Å²) in [5.74, 6) is 1.69. The lowest BCUT2D eigenvalue weighted by Crippen LogP contribution is -3.00. The van der Waals surface area contributed by atoms with Crippen molar-refractivity contribution in [3.8, 4) is 11.5 Å². The summed E-state index contributed by atoms with van der Waals surface area (Å²) in [6, 6.07) is 39.6. The molecule has 1 saturated carbocycles. The minimum absolute atomic E-state index is 0. The van der Waals surface area contributed by atoms with Gasteiger partial charge in [0.1, 0.15) is 23.2 Å². The van der Waals surface area contributed by atoms with Crippen molar-refractivity contribution in [2.45, 2.75) is 37.9 Å². The molecule has 0 aliphatic heterocycles. The summed E-state index contributed by atoms with van der Waals surface area (Å²) in [5, 5.41) is 4.17. The summed E-state index contributed by atoms with van der Waals surface area (Å²) in [6.07, 6.45) is 5.97. The van der Waals surface area contributed by atoms with Gasteiger partial charge in [0.25, 0.3) is 0 Å². The van der Waals surface area contributed by atoms with E-state index in [2.05, 4.69) is 109 Å². The van der Waals surface area contributed by atoms with E-state index >= 15 is 0 Å². The molecular formula is C31H32BrO2P. The number of methoxy groups -OCH3 is 1. The number of rotatable bonds is 8. The van der Waals surface area contributed by atoms with Gasteiger partial charge >= 0.3 is 0 Å². The third-order valence-electron chi connectivity index (χ3n) is 6.83. The van der Waals surface area contributed by atoms with Crippen LogP contribution in [-0.4, -0.2) is 13.2 Å². The summed E-state index contributed by atoms with van der Waals surface area (Å²) in [7, 11) is -0.223. The number of benzene rings is 4. The molecule has 0 atom stereocenters. The molecule has 5 rings (SSSR count). The van der Waals surface area contributed by atoms with Gasteiger partial charge in [0.15, 0.2) is 11.5 Å². The molecule has 0 amide bonds. The van der Waals surface area contributed by atoms with E-state index in [4.69, 9.17) is 9.47 Å². The van der Waals surface area contributed by atoms with Crippen LogP contribution in [0, 0.1) is 0 Å². The van der Waals surface area contributed by atoms with Crippen LogP contribution in [0.2, 0.25) is 0 Å². The summed E-state index contributed by atoms with van der Waals surface area (Å²) in [4.78, 5) is 0. The van der Waals surface area contributed by atoms with Gasteiger partial charge in [-0.2, -0.15) is 0 Å². The van der Waals surface area contributed by atoms with Crippen LogP contribution in [0.5, 0.6) is 11.5 Å². The SMILES string of the molecule is COc1ccc(C[P+](c2ccccc2)(c2ccccc2)c2ccccc2)cc1OC1CCCC1.[Br-]. The van der Waals surface area contributed by atoms with Crippen LogP contribution in [0.4, 0.5) is 0 Å². The van der Waals surface area contributed by atoms with Gasteiger partial charge in [-0.05, 0) is 79.8 Å². The highest BCUT2D eigenvalue weighted by atomic mass is 79.9. The molecule has 1 fully saturated rings. The smallest absolute Gasteiger partial charge is 0.161 e.